The van der Waals surface area contributed by atoms with E-state index in [-0.39, 0.29) is 38.3 Å². The zero-order chi connectivity index (χ0) is 30.2. The van der Waals surface area contributed by atoms with Crippen molar-refractivity contribution < 1.29 is 42.9 Å². The fourth-order valence-corrected chi connectivity index (χ4v) is 6.43. The average molecular weight is 669 g/mol. The van der Waals surface area contributed by atoms with Crippen LogP contribution >= 0.6 is 15.9 Å². The van der Waals surface area contributed by atoms with Gasteiger partial charge in [0.2, 0.25) is 12.1 Å². The third-order valence-corrected chi connectivity index (χ3v) is 9.24. The van der Waals surface area contributed by atoms with Crippen molar-refractivity contribution >= 4 is 15.9 Å². The SMILES string of the molecule is CC(CCC1OC(c2ccccc2Br)OOC1(C)C)CCn1cc(COC2[C@H]3OCO[C@H]3CO[C@@]23COC(C)(C)O3)nn1. The summed E-state index contributed by atoms with van der Waals surface area (Å²) in [6.07, 6.45) is 2.92. The van der Waals surface area contributed by atoms with Gasteiger partial charge in [0.25, 0.3) is 0 Å². The Morgan fingerprint density at radius 2 is 1.95 bits per heavy atom. The molecule has 0 N–H and O–H groups in total. The van der Waals surface area contributed by atoms with E-state index in [1.54, 1.807) is 0 Å². The van der Waals surface area contributed by atoms with E-state index in [9.17, 15) is 0 Å². The van der Waals surface area contributed by atoms with E-state index in [2.05, 4.69) is 33.2 Å². The van der Waals surface area contributed by atoms with Crippen LogP contribution in [0.2, 0.25) is 0 Å². The van der Waals surface area contributed by atoms with Crippen LogP contribution < -0.4 is 0 Å². The number of aryl methyl sites for hydroxylation is 1. The van der Waals surface area contributed by atoms with Crippen molar-refractivity contribution in [1.82, 2.24) is 15.0 Å². The maximum atomic E-state index is 6.37. The molecule has 1 spiro atoms. The Labute approximate surface area is 260 Å². The van der Waals surface area contributed by atoms with Crippen LogP contribution in [0.15, 0.2) is 34.9 Å². The number of benzene rings is 1. The van der Waals surface area contributed by atoms with Crippen LogP contribution in [0.1, 0.15) is 71.4 Å². The minimum atomic E-state index is -1.06. The Kier molecular flexibility index (Phi) is 9.29. The third kappa shape index (κ3) is 7.01. The average Bonchev–Trinajstić information content (AvgIpc) is 3.70. The molecule has 2 aromatic rings. The molecule has 4 aliphatic rings. The highest BCUT2D eigenvalue weighted by Crippen LogP contribution is 2.43. The lowest BCUT2D eigenvalue weighted by molar-refractivity contribution is -0.487. The normalized spacial score (nSPS) is 34.0. The van der Waals surface area contributed by atoms with Crippen LogP contribution in [0.25, 0.3) is 0 Å². The molecular weight excluding hydrogens is 626 g/mol. The van der Waals surface area contributed by atoms with E-state index in [0.717, 1.165) is 41.5 Å². The first-order valence-corrected chi connectivity index (χ1v) is 15.8. The molecule has 4 saturated heterocycles. The van der Waals surface area contributed by atoms with E-state index >= 15 is 0 Å². The molecule has 1 aromatic heterocycles. The second kappa shape index (κ2) is 12.7. The lowest BCUT2D eigenvalue weighted by Gasteiger charge is -2.43. The minimum absolute atomic E-state index is 0.114. The monoisotopic (exact) mass is 667 g/mol. The fourth-order valence-electron chi connectivity index (χ4n) is 5.96. The number of hydrogen-bond acceptors (Lipinski definition) is 11. The lowest BCUT2D eigenvalue weighted by Crippen LogP contribution is -2.62. The van der Waals surface area contributed by atoms with Crippen LogP contribution in [0, 0.1) is 5.92 Å². The first-order chi connectivity index (χ1) is 20.5. The number of fused-ring (bicyclic) bond motifs is 1. The molecule has 4 fully saturated rings. The van der Waals surface area contributed by atoms with Crippen LogP contribution in [0.3, 0.4) is 0 Å². The molecule has 0 radical (unpaired) electrons. The Bertz CT molecular complexity index is 1240. The highest BCUT2D eigenvalue weighted by atomic mass is 79.9. The van der Waals surface area contributed by atoms with E-state index in [1.807, 2.05) is 62.8 Å². The van der Waals surface area contributed by atoms with Crippen molar-refractivity contribution in [2.24, 2.45) is 5.92 Å². The van der Waals surface area contributed by atoms with Gasteiger partial charge in [-0.1, -0.05) is 46.3 Å². The zero-order valence-electron chi connectivity index (χ0n) is 25.4. The van der Waals surface area contributed by atoms with Gasteiger partial charge in [-0.15, -0.1) is 5.10 Å². The number of hydrogen-bond donors (Lipinski definition) is 0. The molecule has 0 saturated carbocycles. The molecule has 0 aliphatic carbocycles. The van der Waals surface area contributed by atoms with Gasteiger partial charge in [-0.05, 0) is 58.9 Å². The van der Waals surface area contributed by atoms with Gasteiger partial charge < -0.3 is 33.2 Å². The molecule has 0 amide bonds. The first kappa shape index (κ1) is 31.5. The number of ether oxygens (including phenoxy) is 7. The Morgan fingerprint density at radius 1 is 1.12 bits per heavy atom. The van der Waals surface area contributed by atoms with Gasteiger partial charge in [0, 0.05) is 16.6 Å². The summed E-state index contributed by atoms with van der Waals surface area (Å²) >= 11 is 3.58. The summed E-state index contributed by atoms with van der Waals surface area (Å²) < 4.78 is 45.2. The summed E-state index contributed by atoms with van der Waals surface area (Å²) in [7, 11) is 0. The summed E-state index contributed by atoms with van der Waals surface area (Å²) in [4.78, 5) is 11.4. The molecule has 43 heavy (non-hydrogen) atoms. The van der Waals surface area contributed by atoms with Crippen LogP contribution in [-0.2, 0) is 56.1 Å². The molecule has 12 nitrogen and oxygen atoms in total. The van der Waals surface area contributed by atoms with E-state index in [4.69, 9.17) is 42.9 Å². The van der Waals surface area contributed by atoms with Gasteiger partial charge in [-0.3, -0.25) is 4.68 Å². The van der Waals surface area contributed by atoms with Gasteiger partial charge in [-0.25, -0.2) is 4.89 Å². The van der Waals surface area contributed by atoms with Gasteiger partial charge in [-0.2, -0.15) is 4.89 Å². The van der Waals surface area contributed by atoms with Crippen molar-refractivity contribution in [3.8, 4) is 0 Å². The minimum Gasteiger partial charge on any atom is -0.363 e. The van der Waals surface area contributed by atoms with Crippen LogP contribution in [-0.4, -0.2) is 76.6 Å². The van der Waals surface area contributed by atoms with Crippen molar-refractivity contribution in [3.63, 3.8) is 0 Å². The number of rotatable bonds is 10. The van der Waals surface area contributed by atoms with E-state index in [0.29, 0.717) is 12.5 Å². The zero-order valence-corrected chi connectivity index (χ0v) is 27.0. The van der Waals surface area contributed by atoms with Gasteiger partial charge in [0.15, 0.2) is 5.79 Å². The quantitative estimate of drug-likeness (QED) is 0.325. The number of aromatic nitrogens is 3. The topological polar surface area (TPSA) is 114 Å². The largest absolute Gasteiger partial charge is 0.363 e. The van der Waals surface area contributed by atoms with Crippen molar-refractivity contribution in [3.05, 3.63) is 46.2 Å². The van der Waals surface area contributed by atoms with E-state index < -0.39 is 29.6 Å². The Hall–Kier alpha value is -1.52. The Balaban J connectivity index is 0.990. The van der Waals surface area contributed by atoms with Crippen molar-refractivity contribution in [2.75, 3.05) is 20.0 Å². The Morgan fingerprint density at radius 3 is 2.74 bits per heavy atom. The molecule has 5 heterocycles. The molecule has 7 atom stereocenters. The second-order valence-corrected chi connectivity index (χ2v) is 13.7. The molecule has 6 rings (SSSR count). The third-order valence-electron chi connectivity index (χ3n) is 8.51. The second-order valence-electron chi connectivity index (χ2n) is 12.8. The molecule has 238 valence electrons. The molecule has 4 unspecified atom stereocenters. The predicted molar refractivity (Wildman–Crippen MR) is 154 cm³/mol. The highest BCUT2D eigenvalue weighted by molar-refractivity contribution is 9.10. The number of halogens is 1. The summed E-state index contributed by atoms with van der Waals surface area (Å²) in [5.74, 6) is -1.41. The fraction of sp³-hybridized carbons (Fsp3) is 0.733. The van der Waals surface area contributed by atoms with Crippen LogP contribution in [0.4, 0.5) is 0 Å². The van der Waals surface area contributed by atoms with Gasteiger partial charge in [0.1, 0.15) is 43.0 Å². The maximum absolute atomic E-state index is 6.37. The molecule has 4 aliphatic heterocycles. The molecule has 13 heteroatoms. The predicted octanol–water partition coefficient (Wildman–Crippen LogP) is 4.81. The van der Waals surface area contributed by atoms with Crippen molar-refractivity contribution in [1.29, 1.82) is 0 Å². The van der Waals surface area contributed by atoms with Gasteiger partial charge >= 0.3 is 0 Å². The summed E-state index contributed by atoms with van der Waals surface area (Å²) in [5.41, 5.74) is 1.07. The van der Waals surface area contributed by atoms with Crippen molar-refractivity contribution in [2.45, 2.75) is 115 Å². The smallest absolute Gasteiger partial charge is 0.224 e. The molecular formula is C30H42BrN3O9. The first-order valence-electron chi connectivity index (χ1n) is 15.0. The molecule has 0 bridgehead atoms. The number of nitrogens with zero attached hydrogens (tertiary/aromatic N) is 3. The van der Waals surface area contributed by atoms with E-state index in [1.165, 1.54) is 0 Å². The highest BCUT2D eigenvalue weighted by Gasteiger charge is 2.61. The lowest BCUT2D eigenvalue weighted by atomic mass is 9.92. The maximum Gasteiger partial charge on any atom is 0.224 e. The summed E-state index contributed by atoms with van der Waals surface area (Å²) in [6, 6.07) is 7.86. The van der Waals surface area contributed by atoms with Crippen LogP contribution in [0.5, 0.6) is 0 Å². The molecule has 1 aromatic carbocycles. The van der Waals surface area contributed by atoms with Gasteiger partial charge in [0.05, 0.1) is 25.5 Å². The summed E-state index contributed by atoms with van der Waals surface area (Å²) in [5, 5.41) is 8.67. The standard InChI is InChI=1S/C30H42BrN3O9/c1-19(10-11-24-28(2,3)43-41-27(40-24)21-8-6-7-9-22(21)31)12-13-34-14-20(32-33-34)15-35-26-25-23(36-18-37-25)16-38-30(26)17-39-29(4,5)42-30/h6-9,14,19,23-27H,10-13,15-18H2,1-5H3/t19?,23-,24?,25-,26?,27?,30+/m0/s1. The summed E-state index contributed by atoms with van der Waals surface area (Å²) in [6.45, 7) is 11.7.